The van der Waals surface area contributed by atoms with Crippen molar-refractivity contribution in [3.8, 4) is 28.0 Å². The molecular weight excluding hydrogens is 529 g/mol. The molecule has 2 saturated carbocycles. The van der Waals surface area contributed by atoms with E-state index in [4.69, 9.17) is 4.74 Å². The monoisotopic (exact) mass is 574 g/mol. The van der Waals surface area contributed by atoms with Gasteiger partial charge >= 0.3 is 0 Å². The summed E-state index contributed by atoms with van der Waals surface area (Å²) in [7, 11) is 0. The summed E-state index contributed by atoms with van der Waals surface area (Å²) in [6.45, 7) is 4.01. The summed E-state index contributed by atoms with van der Waals surface area (Å²) in [4.78, 5) is 0. The van der Waals surface area contributed by atoms with E-state index in [1.54, 1.807) is 43.3 Å². The zero-order valence-electron chi connectivity index (χ0n) is 25.2. The first-order valence-electron chi connectivity index (χ1n) is 16.1. The average Bonchev–Trinajstić information content (AvgIpc) is 3.02. The lowest BCUT2D eigenvalue weighted by Crippen LogP contribution is -2.25. The molecule has 0 unspecified atom stereocenters. The molecular formula is C38H45F3O. The molecule has 0 heterocycles. The molecule has 0 radical (unpaired) electrons. The van der Waals surface area contributed by atoms with Crippen molar-refractivity contribution in [2.24, 2.45) is 17.8 Å². The molecule has 3 aromatic rings. The smallest absolute Gasteiger partial charge is 0.201 e. The maximum Gasteiger partial charge on any atom is 0.201 e. The molecule has 2 aliphatic rings. The fourth-order valence-electron chi connectivity index (χ4n) is 7.39. The number of hydrogen-bond acceptors (Lipinski definition) is 1. The zero-order valence-corrected chi connectivity index (χ0v) is 25.2. The first kappa shape index (κ1) is 30.4. The molecule has 0 spiro atoms. The molecule has 1 nitrogen and oxygen atoms in total. The van der Waals surface area contributed by atoms with E-state index in [0.29, 0.717) is 22.6 Å². The number of halogens is 3. The number of hydrogen-bond donors (Lipinski definition) is 0. The zero-order chi connectivity index (χ0) is 29.5. The summed E-state index contributed by atoms with van der Waals surface area (Å²) >= 11 is 0. The van der Waals surface area contributed by atoms with E-state index < -0.39 is 11.6 Å². The lowest BCUT2D eigenvalue weighted by Gasteiger charge is -2.38. The van der Waals surface area contributed by atoms with Gasteiger partial charge in [0, 0.05) is 11.1 Å². The first-order valence-corrected chi connectivity index (χ1v) is 16.1. The van der Waals surface area contributed by atoms with E-state index in [-0.39, 0.29) is 17.1 Å². The third-order valence-corrected chi connectivity index (χ3v) is 9.90. The maximum absolute atomic E-state index is 15.4. The largest absolute Gasteiger partial charge is 0.462 e. The van der Waals surface area contributed by atoms with Crippen LogP contribution in [0.4, 0.5) is 13.2 Å². The van der Waals surface area contributed by atoms with Crippen LogP contribution in [-0.4, -0.2) is 0 Å². The van der Waals surface area contributed by atoms with Crippen LogP contribution in [0, 0.1) is 35.2 Å². The van der Waals surface area contributed by atoms with Crippen molar-refractivity contribution in [1.29, 1.82) is 0 Å². The standard InChI is InChI=1S/C38H45F3O/c1-3-5-6-7-26-8-10-27(11-9-26)28-12-14-29(15-13-28)32-20-21-33(35(39)25-32)30-16-18-31(19-17-30)34-22-23-36(42-24-4-2)38(41)37(34)40/h4,16-29H,3,5-15H2,1-2H3. The second kappa shape index (κ2) is 14.4. The van der Waals surface area contributed by atoms with Gasteiger partial charge in [-0.3, -0.25) is 0 Å². The van der Waals surface area contributed by atoms with Crippen LogP contribution in [0.5, 0.6) is 5.75 Å². The van der Waals surface area contributed by atoms with E-state index in [9.17, 15) is 8.78 Å². The highest BCUT2D eigenvalue weighted by Gasteiger charge is 2.31. The molecule has 42 heavy (non-hydrogen) atoms. The summed E-state index contributed by atoms with van der Waals surface area (Å²) in [6.07, 6.45) is 18.9. The van der Waals surface area contributed by atoms with Gasteiger partial charge in [0.1, 0.15) is 5.82 Å². The third-order valence-electron chi connectivity index (χ3n) is 9.90. The molecule has 0 atom stereocenters. The molecule has 0 aromatic heterocycles. The Morgan fingerprint density at radius 3 is 1.95 bits per heavy atom. The minimum absolute atomic E-state index is 0.137. The Labute approximate surface area is 250 Å². The minimum atomic E-state index is -1.03. The van der Waals surface area contributed by atoms with Gasteiger partial charge in [0.15, 0.2) is 11.6 Å². The molecule has 0 bridgehead atoms. The van der Waals surface area contributed by atoms with Crippen molar-refractivity contribution in [2.45, 2.75) is 96.8 Å². The van der Waals surface area contributed by atoms with Crippen LogP contribution in [0.2, 0.25) is 0 Å². The van der Waals surface area contributed by atoms with Crippen LogP contribution in [-0.2, 0) is 0 Å². The summed E-state index contributed by atoms with van der Waals surface area (Å²) in [5.41, 5.74) is 3.00. The highest BCUT2D eigenvalue weighted by Crippen LogP contribution is 2.45. The highest BCUT2D eigenvalue weighted by molar-refractivity contribution is 5.71. The lowest BCUT2D eigenvalue weighted by atomic mass is 9.68. The van der Waals surface area contributed by atoms with E-state index in [1.807, 2.05) is 6.07 Å². The van der Waals surface area contributed by atoms with Crippen molar-refractivity contribution in [3.05, 3.63) is 90.0 Å². The van der Waals surface area contributed by atoms with E-state index in [0.717, 1.165) is 36.2 Å². The third kappa shape index (κ3) is 7.13. The van der Waals surface area contributed by atoms with Crippen LogP contribution in [0.25, 0.3) is 22.3 Å². The predicted octanol–water partition coefficient (Wildman–Crippen LogP) is 12.0. The molecule has 2 aliphatic carbocycles. The second-order valence-electron chi connectivity index (χ2n) is 12.5. The van der Waals surface area contributed by atoms with E-state index in [2.05, 4.69) is 13.0 Å². The van der Waals surface area contributed by atoms with Crippen molar-refractivity contribution >= 4 is 0 Å². The second-order valence-corrected chi connectivity index (χ2v) is 12.5. The average molecular weight is 575 g/mol. The Balaban J connectivity index is 1.18. The minimum Gasteiger partial charge on any atom is -0.462 e. The van der Waals surface area contributed by atoms with Gasteiger partial charge in [0.05, 0.1) is 6.26 Å². The fourth-order valence-corrected chi connectivity index (χ4v) is 7.39. The summed E-state index contributed by atoms with van der Waals surface area (Å²) in [6, 6.07) is 15.5. The van der Waals surface area contributed by atoms with Gasteiger partial charge in [-0.05, 0) is 104 Å². The molecule has 2 fully saturated rings. The summed E-state index contributed by atoms with van der Waals surface area (Å²) in [5, 5.41) is 0. The first-order chi connectivity index (χ1) is 20.5. The number of rotatable bonds is 10. The van der Waals surface area contributed by atoms with Gasteiger partial charge in [-0.2, -0.15) is 4.39 Å². The molecule has 0 N–H and O–H groups in total. The topological polar surface area (TPSA) is 9.23 Å². The van der Waals surface area contributed by atoms with Crippen LogP contribution in [0.15, 0.2) is 66.9 Å². The Bertz CT molecular complexity index is 1330. The molecule has 3 aromatic carbocycles. The van der Waals surface area contributed by atoms with Gasteiger partial charge < -0.3 is 4.74 Å². The Kier molecular flexibility index (Phi) is 10.5. The lowest BCUT2D eigenvalue weighted by molar-refractivity contribution is 0.155. The van der Waals surface area contributed by atoms with Crippen molar-refractivity contribution in [1.82, 2.24) is 0 Å². The Morgan fingerprint density at radius 1 is 0.714 bits per heavy atom. The molecule has 4 heteroatoms. The Morgan fingerprint density at radius 2 is 1.33 bits per heavy atom. The quantitative estimate of drug-likeness (QED) is 0.173. The van der Waals surface area contributed by atoms with Crippen molar-refractivity contribution < 1.29 is 17.9 Å². The highest BCUT2D eigenvalue weighted by atomic mass is 19.2. The van der Waals surface area contributed by atoms with Gasteiger partial charge in [0.25, 0.3) is 0 Å². The predicted molar refractivity (Wildman–Crippen MR) is 167 cm³/mol. The van der Waals surface area contributed by atoms with Gasteiger partial charge in [0.2, 0.25) is 5.82 Å². The SMILES string of the molecule is CC=COc1ccc(-c2ccc(-c3ccc(C4CCC(C5CCC(CCCCC)CC5)CC4)cc3F)cc2)c(F)c1F. The number of benzene rings is 3. The molecule has 0 aliphatic heterocycles. The van der Waals surface area contributed by atoms with E-state index >= 15 is 4.39 Å². The maximum atomic E-state index is 15.4. The van der Waals surface area contributed by atoms with E-state index in [1.165, 1.54) is 82.6 Å². The molecule has 0 amide bonds. The van der Waals surface area contributed by atoms with Crippen LogP contribution in [0.3, 0.4) is 0 Å². The summed E-state index contributed by atoms with van der Waals surface area (Å²) in [5.74, 6) is 0.727. The van der Waals surface area contributed by atoms with Gasteiger partial charge in [-0.15, -0.1) is 0 Å². The van der Waals surface area contributed by atoms with Gasteiger partial charge in [-0.1, -0.05) is 87.9 Å². The molecule has 0 saturated heterocycles. The van der Waals surface area contributed by atoms with Crippen LogP contribution in [0.1, 0.15) is 102 Å². The Hall–Kier alpha value is -3.01. The number of ether oxygens (including phenoxy) is 1. The summed E-state index contributed by atoms with van der Waals surface area (Å²) < 4.78 is 49.7. The van der Waals surface area contributed by atoms with Crippen LogP contribution < -0.4 is 4.74 Å². The number of allylic oxidation sites excluding steroid dienone is 1. The fraction of sp³-hybridized carbons (Fsp3) is 0.474. The van der Waals surface area contributed by atoms with Gasteiger partial charge in [-0.25, -0.2) is 8.78 Å². The number of unbranched alkanes of at least 4 members (excludes halogenated alkanes) is 2. The molecule has 5 rings (SSSR count). The van der Waals surface area contributed by atoms with Crippen LogP contribution >= 0.6 is 0 Å². The van der Waals surface area contributed by atoms with Crippen molar-refractivity contribution in [3.63, 3.8) is 0 Å². The normalized spacial score (nSPS) is 22.9. The van der Waals surface area contributed by atoms with Crippen molar-refractivity contribution in [2.75, 3.05) is 0 Å². The molecule has 224 valence electrons.